The van der Waals surface area contributed by atoms with Gasteiger partial charge in [-0.2, -0.15) is 0 Å². The maximum Gasteiger partial charge on any atom is 0.263 e. The number of likely N-dealkylation sites (tertiary alicyclic amines) is 1. The third-order valence-corrected chi connectivity index (χ3v) is 6.24. The van der Waals surface area contributed by atoms with Crippen LogP contribution in [-0.2, 0) is 14.8 Å². The first-order valence-corrected chi connectivity index (χ1v) is 10.5. The average molecular weight is 378 g/mol. The molecule has 26 heavy (non-hydrogen) atoms. The van der Waals surface area contributed by atoms with E-state index < -0.39 is 10.0 Å². The van der Waals surface area contributed by atoms with E-state index in [-0.39, 0.29) is 23.3 Å². The van der Waals surface area contributed by atoms with Crippen LogP contribution in [0.5, 0.6) is 0 Å². The first-order chi connectivity index (χ1) is 12.4. The van der Waals surface area contributed by atoms with Gasteiger partial charge in [-0.3, -0.25) is 14.5 Å². The molecule has 0 spiro atoms. The lowest BCUT2D eigenvalue weighted by molar-refractivity contribution is -0.133. The van der Waals surface area contributed by atoms with E-state index >= 15 is 0 Å². The molecule has 0 saturated carbocycles. The van der Waals surface area contributed by atoms with Crippen LogP contribution in [-0.4, -0.2) is 57.8 Å². The van der Waals surface area contributed by atoms with Gasteiger partial charge in [-0.1, -0.05) is 12.1 Å². The van der Waals surface area contributed by atoms with Crippen LogP contribution < -0.4 is 10.0 Å². The minimum atomic E-state index is -3.55. The average Bonchev–Trinajstić information content (AvgIpc) is 2.86. The van der Waals surface area contributed by atoms with Gasteiger partial charge >= 0.3 is 0 Å². The molecule has 142 valence electrons. The van der Waals surface area contributed by atoms with Gasteiger partial charge in [-0.15, -0.1) is 0 Å². The summed E-state index contributed by atoms with van der Waals surface area (Å²) in [7, 11) is -1.62. The number of sulfonamides is 1. The zero-order valence-electron chi connectivity index (χ0n) is 15.2. The van der Waals surface area contributed by atoms with Crippen molar-refractivity contribution in [2.45, 2.75) is 37.1 Å². The number of rotatable bonds is 5. The van der Waals surface area contributed by atoms with Crippen LogP contribution in [0.3, 0.4) is 0 Å². The van der Waals surface area contributed by atoms with E-state index in [2.05, 4.69) is 15.0 Å². The third-order valence-electron chi connectivity index (χ3n) is 4.85. The van der Waals surface area contributed by atoms with Crippen LogP contribution in [0.4, 0.5) is 0 Å². The Morgan fingerprint density at radius 3 is 2.96 bits per heavy atom. The van der Waals surface area contributed by atoms with E-state index in [4.69, 9.17) is 0 Å². The van der Waals surface area contributed by atoms with Crippen LogP contribution in [0.25, 0.3) is 0 Å². The SMILES string of the molecule is CNCC1CCCN(C(=O)CC(C)N=C2NS(=O)(=O)c3ccccc32)C1. The summed E-state index contributed by atoms with van der Waals surface area (Å²) in [6, 6.07) is 6.46. The van der Waals surface area contributed by atoms with Crippen molar-refractivity contribution in [2.75, 3.05) is 26.7 Å². The van der Waals surface area contributed by atoms with Crippen molar-refractivity contribution in [3.8, 4) is 0 Å². The van der Waals surface area contributed by atoms with Crippen molar-refractivity contribution in [1.29, 1.82) is 0 Å². The summed E-state index contributed by atoms with van der Waals surface area (Å²) in [5.41, 5.74) is 0.568. The summed E-state index contributed by atoms with van der Waals surface area (Å²) in [5.74, 6) is 0.900. The fourth-order valence-corrected chi connectivity index (χ4v) is 4.86. The number of amides is 1. The predicted molar refractivity (Wildman–Crippen MR) is 101 cm³/mol. The molecule has 2 N–H and O–H groups in total. The van der Waals surface area contributed by atoms with Gasteiger partial charge in [0, 0.05) is 25.1 Å². The lowest BCUT2D eigenvalue weighted by atomic mass is 9.97. The number of hydrogen-bond donors (Lipinski definition) is 2. The van der Waals surface area contributed by atoms with Crippen molar-refractivity contribution in [2.24, 2.45) is 10.9 Å². The Balaban J connectivity index is 1.66. The largest absolute Gasteiger partial charge is 0.342 e. The zero-order valence-corrected chi connectivity index (χ0v) is 16.1. The maximum absolute atomic E-state index is 12.6. The summed E-state index contributed by atoms with van der Waals surface area (Å²) in [5, 5.41) is 3.18. The highest BCUT2D eigenvalue weighted by Crippen LogP contribution is 2.23. The molecule has 2 aliphatic heterocycles. The number of nitrogens with zero attached hydrogens (tertiary/aromatic N) is 2. The van der Waals surface area contributed by atoms with Gasteiger partial charge in [0.05, 0.1) is 10.9 Å². The minimum absolute atomic E-state index is 0.0804. The molecule has 7 nitrogen and oxygen atoms in total. The molecule has 8 heteroatoms. The van der Waals surface area contributed by atoms with Crippen molar-refractivity contribution in [3.63, 3.8) is 0 Å². The molecule has 2 atom stereocenters. The highest BCUT2D eigenvalue weighted by atomic mass is 32.2. The van der Waals surface area contributed by atoms with E-state index in [9.17, 15) is 13.2 Å². The van der Waals surface area contributed by atoms with Crippen molar-refractivity contribution in [1.82, 2.24) is 14.9 Å². The topological polar surface area (TPSA) is 90.9 Å². The molecule has 2 aliphatic rings. The number of fused-ring (bicyclic) bond motifs is 1. The number of hydrogen-bond acceptors (Lipinski definition) is 5. The monoisotopic (exact) mass is 378 g/mol. The molecule has 1 aromatic rings. The van der Waals surface area contributed by atoms with Crippen LogP contribution in [0.2, 0.25) is 0 Å². The molecule has 2 heterocycles. The Kier molecular flexibility index (Phi) is 5.62. The van der Waals surface area contributed by atoms with Crippen LogP contribution in [0.1, 0.15) is 31.7 Å². The molecule has 0 bridgehead atoms. The Labute approximate surface area is 154 Å². The second kappa shape index (κ2) is 7.75. The van der Waals surface area contributed by atoms with Crippen molar-refractivity contribution in [3.05, 3.63) is 29.8 Å². The fraction of sp³-hybridized carbons (Fsp3) is 0.556. The summed E-state index contributed by atoms with van der Waals surface area (Å²) in [6.07, 6.45) is 2.44. The van der Waals surface area contributed by atoms with Gasteiger partial charge in [0.25, 0.3) is 10.0 Å². The van der Waals surface area contributed by atoms with E-state index in [1.807, 2.05) is 18.9 Å². The van der Waals surface area contributed by atoms with E-state index in [1.165, 1.54) is 0 Å². The normalized spacial score (nSPS) is 24.2. The molecule has 0 radical (unpaired) electrons. The predicted octanol–water partition coefficient (Wildman–Crippen LogP) is 0.962. The summed E-state index contributed by atoms with van der Waals surface area (Å²) < 4.78 is 26.8. The number of nitrogens with one attached hydrogen (secondary N) is 2. The van der Waals surface area contributed by atoms with Crippen LogP contribution in [0.15, 0.2) is 34.2 Å². The summed E-state index contributed by atoms with van der Waals surface area (Å²) in [4.78, 5) is 19.2. The molecule has 1 amide bonds. The van der Waals surface area contributed by atoms with Gasteiger partial charge in [-0.25, -0.2) is 8.42 Å². The van der Waals surface area contributed by atoms with E-state index in [0.29, 0.717) is 17.3 Å². The quantitative estimate of drug-likeness (QED) is 0.799. The fourth-order valence-electron chi connectivity index (χ4n) is 3.62. The molecule has 1 fully saturated rings. The number of aliphatic imine (C=N–C) groups is 1. The number of carbonyl (C=O) groups excluding carboxylic acids is 1. The minimum Gasteiger partial charge on any atom is -0.342 e. The van der Waals surface area contributed by atoms with Gasteiger partial charge in [0.1, 0.15) is 5.84 Å². The second-order valence-electron chi connectivity index (χ2n) is 7.04. The number of carbonyl (C=O) groups is 1. The maximum atomic E-state index is 12.6. The molecular formula is C18H26N4O3S. The third kappa shape index (κ3) is 4.07. The Morgan fingerprint density at radius 2 is 2.19 bits per heavy atom. The number of amidine groups is 1. The zero-order chi connectivity index (χ0) is 18.7. The highest BCUT2D eigenvalue weighted by Gasteiger charge is 2.31. The van der Waals surface area contributed by atoms with E-state index in [0.717, 1.165) is 32.5 Å². The molecule has 0 aliphatic carbocycles. The molecule has 1 aromatic carbocycles. The molecule has 3 rings (SSSR count). The smallest absolute Gasteiger partial charge is 0.263 e. The number of benzene rings is 1. The van der Waals surface area contributed by atoms with Crippen molar-refractivity contribution < 1.29 is 13.2 Å². The first kappa shape index (κ1) is 18.8. The molecule has 0 aromatic heterocycles. The van der Waals surface area contributed by atoms with Gasteiger partial charge in [0.2, 0.25) is 5.91 Å². The molecule has 2 unspecified atom stereocenters. The number of piperidine rings is 1. The van der Waals surface area contributed by atoms with Gasteiger partial charge in [-0.05, 0) is 51.4 Å². The van der Waals surface area contributed by atoms with Crippen LogP contribution >= 0.6 is 0 Å². The lowest BCUT2D eigenvalue weighted by Gasteiger charge is -2.33. The van der Waals surface area contributed by atoms with Crippen LogP contribution in [0, 0.1) is 5.92 Å². The van der Waals surface area contributed by atoms with Gasteiger partial charge < -0.3 is 10.2 Å². The Hall–Kier alpha value is -1.93. The molecule has 1 saturated heterocycles. The standard InChI is InChI=1S/C18H26N4O3S/c1-13(10-17(23)22-9-5-6-14(12-22)11-19-2)20-18-15-7-3-4-8-16(15)26(24,25)21-18/h3-4,7-8,13-14,19H,5-6,9-12H2,1-2H3,(H,20,21). The molecular weight excluding hydrogens is 352 g/mol. The summed E-state index contributed by atoms with van der Waals surface area (Å²) >= 11 is 0. The second-order valence-corrected chi connectivity index (χ2v) is 8.69. The summed E-state index contributed by atoms with van der Waals surface area (Å²) in [6.45, 7) is 4.32. The Bertz CT molecular complexity index is 804. The van der Waals surface area contributed by atoms with E-state index in [1.54, 1.807) is 24.3 Å². The van der Waals surface area contributed by atoms with Gasteiger partial charge in [0.15, 0.2) is 0 Å². The highest BCUT2D eigenvalue weighted by molar-refractivity contribution is 7.90. The van der Waals surface area contributed by atoms with Crippen molar-refractivity contribution >= 4 is 21.8 Å². The lowest BCUT2D eigenvalue weighted by Crippen LogP contribution is -2.43. The Morgan fingerprint density at radius 1 is 1.42 bits per heavy atom. The first-order valence-electron chi connectivity index (χ1n) is 9.03.